The van der Waals surface area contributed by atoms with Gasteiger partial charge in [0, 0.05) is 5.69 Å². The quantitative estimate of drug-likeness (QED) is 0.334. The van der Waals surface area contributed by atoms with E-state index in [1.165, 1.54) is 24.3 Å². The second kappa shape index (κ2) is 9.96. The van der Waals surface area contributed by atoms with Crippen LogP contribution in [0.1, 0.15) is 36.1 Å². The van der Waals surface area contributed by atoms with E-state index in [4.69, 9.17) is 4.74 Å². The molecule has 6 heteroatoms. The zero-order chi connectivity index (χ0) is 23.4. The highest BCUT2D eigenvalue weighted by atomic mass is 19.1. The van der Waals surface area contributed by atoms with Crippen molar-refractivity contribution in [2.75, 3.05) is 11.5 Å². The Labute approximate surface area is 191 Å². The lowest BCUT2D eigenvalue weighted by molar-refractivity contribution is -0.131. The van der Waals surface area contributed by atoms with Gasteiger partial charge in [-0.25, -0.2) is 8.78 Å². The first-order chi connectivity index (χ1) is 16.0. The van der Waals surface area contributed by atoms with Crippen molar-refractivity contribution in [1.29, 1.82) is 0 Å². The predicted molar refractivity (Wildman–Crippen MR) is 123 cm³/mol. The first kappa shape index (κ1) is 22.7. The van der Waals surface area contributed by atoms with Gasteiger partial charge in [-0.05, 0) is 72.5 Å². The number of benzene rings is 3. The summed E-state index contributed by atoms with van der Waals surface area (Å²) in [4.78, 5) is 14.8. The van der Waals surface area contributed by atoms with Crippen LogP contribution < -0.4 is 9.64 Å². The number of rotatable bonds is 9. The van der Waals surface area contributed by atoms with E-state index >= 15 is 0 Å². The second-order valence-electron chi connectivity index (χ2n) is 8.05. The van der Waals surface area contributed by atoms with E-state index in [9.17, 15) is 18.7 Å². The lowest BCUT2D eigenvalue weighted by Gasteiger charge is -2.48. The minimum Gasteiger partial charge on any atom is -0.490 e. The van der Waals surface area contributed by atoms with E-state index in [-0.39, 0.29) is 29.5 Å². The number of aliphatic hydroxyl groups excluding tert-OH is 1. The fourth-order valence-electron chi connectivity index (χ4n) is 4.21. The summed E-state index contributed by atoms with van der Waals surface area (Å²) in [6.45, 7) is 4.03. The highest BCUT2D eigenvalue weighted by Gasteiger charge is 2.48. The molecular weight excluding hydrogens is 424 g/mol. The zero-order valence-electron chi connectivity index (χ0n) is 18.0. The van der Waals surface area contributed by atoms with Gasteiger partial charge in [-0.15, -0.1) is 0 Å². The van der Waals surface area contributed by atoms with E-state index in [1.54, 1.807) is 35.2 Å². The molecule has 0 radical (unpaired) electrons. The van der Waals surface area contributed by atoms with Gasteiger partial charge in [0.25, 0.3) is 0 Å². The van der Waals surface area contributed by atoms with Gasteiger partial charge in [0.15, 0.2) is 0 Å². The Kier molecular flexibility index (Phi) is 6.84. The maximum absolute atomic E-state index is 13.4. The lowest BCUT2D eigenvalue weighted by atomic mass is 9.78. The van der Waals surface area contributed by atoms with Gasteiger partial charge >= 0.3 is 0 Å². The van der Waals surface area contributed by atoms with Crippen molar-refractivity contribution < 1.29 is 23.4 Å². The summed E-state index contributed by atoms with van der Waals surface area (Å²) >= 11 is 0. The van der Waals surface area contributed by atoms with Gasteiger partial charge in [-0.2, -0.15) is 0 Å². The third kappa shape index (κ3) is 4.96. The third-order valence-electron chi connectivity index (χ3n) is 5.91. The standard InChI is InChI=1S/C27H25F2NO3/c1-2-17-33-23-13-5-19(6-14-23)26-24(15-16-25(31)18-3-7-20(28)8-4-18)27(32)30(26)22-11-9-21(29)10-12-22/h2-14,24-26,31H,1,15-17H2/t24-,25+,26-/m1/s1. The maximum Gasteiger partial charge on any atom is 0.233 e. The molecular formula is C27H25F2NO3. The van der Waals surface area contributed by atoms with Gasteiger partial charge < -0.3 is 14.7 Å². The number of hydrogen-bond acceptors (Lipinski definition) is 3. The molecule has 1 N–H and O–H groups in total. The molecule has 3 aromatic carbocycles. The molecule has 0 bridgehead atoms. The third-order valence-corrected chi connectivity index (χ3v) is 5.91. The van der Waals surface area contributed by atoms with Crippen LogP contribution in [0.5, 0.6) is 5.75 Å². The normalized spacial score (nSPS) is 18.5. The Balaban J connectivity index is 1.54. The Hall–Kier alpha value is -3.51. The van der Waals surface area contributed by atoms with Gasteiger partial charge in [0.2, 0.25) is 5.91 Å². The van der Waals surface area contributed by atoms with Crippen molar-refractivity contribution in [2.45, 2.75) is 25.0 Å². The zero-order valence-corrected chi connectivity index (χ0v) is 18.0. The minimum atomic E-state index is -0.798. The molecule has 0 spiro atoms. The Bertz CT molecular complexity index is 1100. The SMILES string of the molecule is C=CCOc1ccc([C@@H]2[C@@H](CC[C@H](O)c3ccc(F)cc3)C(=O)N2c2ccc(F)cc2)cc1. The lowest BCUT2D eigenvalue weighted by Crippen LogP contribution is -2.55. The minimum absolute atomic E-state index is 0.0788. The summed E-state index contributed by atoms with van der Waals surface area (Å²) in [5, 5.41) is 10.5. The molecule has 170 valence electrons. The van der Waals surface area contributed by atoms with Crippen LogP contribution >= 0.6 is 0 Å². The fourth-order valence-corrected chi connectivity index (χ4v) is 4.21. The van der Waals surface area contributed by atoms with Gasteiger partial charge in [0.1, 0.15) is 24.0 Å². The average molecular weight is 449 g/mol. The molecule has 0 saturated carbocycles. The monoisotopic (exact) mass is 449 g/mol. The van der Waals surface area contributed by atoms with Crippen LogP contribution in [0, 0.1) is 17.6 Å². The van der Waals surface area contributed by atoms with Crippen molar-refractivity contribution >= 4 is 11.6 Å². The Morgan fingerprint density at radius 1 is 0.970 bits per heavy atom. The molecule has 4 nitrogen and oxygen atoms in total. The van der Waals surface area contributed by atoms with Crippen LogP contribution in [0.3, 0.4) is 0 Å². The smallest absolute Gasteiger partial charge is 0.233 e. The summed E-state index contributed by atoms with van der Waals surface area (Å²) < 4.78 is 32.2. The van der Waals surface area contributed by atoms with Crippen LogP contribution in [0.4, 0.5) is 14.5 Å². The number of carbonyl (C=O) groups is 1. The summed E-state index contributed by atoms with van der Waals surface area (Å²) in [6, 6.07) is 18.8. The molecule has 1 aliphatic heterocycles. The molecule has 4 rings (SSSR count). The maximum atomic E-state index is 13.4. The molecule has 33 heavy (non-hydrogen) atoms. The largest absolute Gasteiger partial charge is 0.490 e. The predicted octanol–water partition coefficient (Wildman–Crippen LogP) is 5.75. The van der Waals surface area contributed by atoms with Gasteiger partial charge in [-0.1, -0.05) is 36.9 Å². The molecule has 0 aliphatic carbocycles. The van der Waals surface area contributed by atoms with Crippen LogP contribution in [0.15, 0.2) is 85.5 Å². The molecule has 1 saturated heterocycles. The average Bonchev–Trinajstić information content (AvgIpc) is 2.83. The molecule has 3 atom stereocenters. The van der Waals surface area contributed by atoms with Crippen molar-refractivity contribution in [1.82, 2.24) is 0 Å². The van der Waals surface area contributed by atoms with Crippen molar-refractivity contribution in [3.05, 3.63) is 108 Å². The summed E-state index contributed by atoms with van der Waals surface area (Å²) in [6.07, 6.45) is 1.68. The van der Waals surface area contributed by atoms with Crippen molar-refractivity contribution in [3.63, 3.8) is 0 Å². The highest BCUT2D eigenvalue weighted by Crippen LogP contribution is 2.46. The molecule has 0 aromatic heterocycles. The number of halogens is 2. The van der Waals surface area contributed by atoms with Crippen LogP contribution in [-0.4, -0.2) is 17.6 Å². The Morgan fingerprint density at radius 2 is 1.58 bits per heavy atom. The van der Waals surface area contributed by atoms with Crippen LogP contribution in [0.25, 0.3) is 0 Å². The van der Waals surface area contributed by atoms with E-state index < -0.39 is 6.10 Å². The van der Waals surface area contributed by atoms with E-state index in [0.29, 0.717) is 36.4 Å². The molecule has 1 fully saturated rings. The van der Waals surface area contributed by atoms with Crippen molar-refractivity contribution in [2.24, 2.45) is 5.92 Å². The number of amides is 1. The highest BCUT2D eigenvalue weighted by molar-refractivity contribution is 6.03. The second-order valence-corrected chi connectivity index (χ2v) is 8.05. The number of β-lactam (4-membered cyclic amide) rings is 1. The molecule has 3 aromatic rings. The Morgan fingerprint density at radius 3 is 2.18 bits per heavy atom. The number of ether oxygens (including phenoxy) is 1. The number of anilines is 1. The van der Waals surface area contributed by atoms with Crippen LogP contribution in [0.2, 0.25) is 0 Å². The molecule has 1 aliphatic rings. The topological polar surface area (TPSA) is 49.8 Å². The van der Waals surface area contributed by atoms with E-state index in [2.05, 4.69) is 6.58 Å². The first-order valence-corrected chi connectivity index (χ1v) is 10.8. The van der Waals surface area contributed by atoms with Crippen molar-refractivity contribution in [3.8, 4) is 5.75 Å². The first-order valence-electron chi connectivity index (χ1n) is 10.8. The number of nitrogens with zero attached hydrogens (tertiary/aromatic N) is 1. The summed E-state index contributed by atoms with van der Waals surface area (Å²) in [5.41, 5.74) is 2.15. The van der Waals surface area contributed by atoms with Gasteiger partial charge in [0.05, 0.1) is 18.1 Å². The van der Waals surface area contributed by atoms with Gasteiger partial charge in [-0.3, -0.25) is 4.79 Å². The summed E-state index contributed by atoms with van der Waals surface area (Å²) in [7, 11) is 0. The molecule has 1 amide bonds. The molecule has 1 heterocycles. The summed E-state index contributed by atoms with van der Waals surface area (Å²) in [5.74, 6) is -0.461. The number of carbonyl (C=O) groups excluding carboxylic acids is 1. The molecule has 0 unspecified atom stereocenters. The van der Waals surface area contributed by atoms with E-state index in [1.807, 2.05) is 24.3 Å². The fraction of sp³-hybridized carbons (Fsp3) is 0.222. The number of hydrogen-bond donors (Lipinski definition) is 1. The van der Waals surface area contributed by atoms with E-state index in [0.717, 1.165) is 5.56 Å². The number of aliphatic hydroxyl groups is 1. The van der Waals surface area contributed by atoms with Crippen LogP contribution in [-0.2, 0) is 4.79 Å².